The van der Waals surface area contributed by atoms with Crippen molar-refractivity contribution in [2.45, 2.75) is 0 Å². The second kappa shape index (κ2) is 7.53. The molecule has 0 fully saturated rings. The Balaban J connectivity index is 2.11. The van der Waals surface area contributed by atoms with Crippen LogP contribution in [0.1, 0.15) is 10.4 Å². The van der Waals surface area contributed by atoms with E-state index in [4.69, 9.17) is 28.6 Å². The van der Waals surface area contributed by atoms with Gasteiger partial charge in [-0.2, -0.15) is 0 Å². The summed E-state index contributed by atoms with van der Waals surface area (Å²) in [4.78, 5) is 16.1. The molecule has 1 heterocycles. The first-order valence-corrected chi connectivity index (χ1v) is 7.66. The molecule has 0 aliphatic carbocycles. The highest BCUT2D eigenvalue weighted by Gasteiger charge is 2.14. The molecule has 0 saturated heterocycles. The smallest absolute Gasteiger partial charge is 0.257 e. The summed E-state index contributed by atoms with van der Waals surface area (Å²) in [5.41, 5.74) is 0.879. The monoisotopic (exact) mass is 399 g/mol. The zero-order valence-electron chi connectivity index (χ0n) is 11.4. The molecule has 0 aliphatic heterocycles. The Morgan fingerprint density at radius 1 is 1.36 bits per heavy atom. The SMILES string of the molecule is COc1nc(Br)cc(Cl)c1NC(=S)NC(=O)c1ccccc1. The summed E-state index contributed by atoms with van der Waals surface area (Å²) in [6, 6.07) is 10.3. The number of anilines is 1. The fourth-order valence-electron chi connectivity index (χ4n) is 1.63. The molecule has 22 heavy (non-hydrogen) atoms. The van der Waals surface area contributed by atoms with E-state index in [0.29, 0.717) is 20.9 Å². The summed E-state index contributed by atoms with van der Waals surface area (Å²) in [6.07, 6.45) is 0. The minimum atomic E-state index is -0.321. The molecule has 0 aliphatic rings. The molecule has 5 nitrogen and oxygen atoms in total. The number of pyridine rings is 1. The highest BCUT2D eigenvalue weighted by atomic mass is 79.9. The van der Waals surface area contributed by atoms with Gasteiger partial charge >= 0.3 is 0 Å². The van der Waals surface area contributed by atoms with E-state index in [-0.39, 0.29) is 16.9 Å². The molecular weight excluding hydrogens is 390 g/mol. The Bertz CT molecular complexity index is 713. The summed E-state index contributed by atoms with van der Waals surface area (Å²) in [6.45, 7) is 0. The molecule has 0 saturated carbocycles. The lowest BCUT2D eigenvalue weighted by Gasteiger charge is -2.13. The van der Waals surface area contributed by atoms with Crippen molar-refractivity contribution in [1.82, 2.24) is 10.3 Å². The van der Waals surface area contributed by atoms with Crippen molar-refractivity contribution in [3.8, 4) is 5.88 Å². The Morgan fingerprint density at radius 2 is 2.05 bits per heavy atom. The number of benzene rings is 1. The van der Waals surface area contributed by atoms with Gasteiger partial charge in [-0.15, -0.1) is 0 Å². The number of hydrogen-bond acceptors (Lipinski definition) is 4. The quantitative estimate of drug-likeness (QED) is 0.608. The standard InChI is InChI=1S/C14H11BrClN3O2S/c1-21-13-11(9(16)7-10(15)17-13)18-14(22)19-12(20)8-5-3-2-4-6-8/h2-7H,1H3,(H2,18,19,20,22). The minimum absolute atomic E-state index is 0.0955. The van der Waals surface area contributed by atoms with Crippen molar-refractivity contribution in [3.05, 3.63) is 51.6 Å². The third-order valence-corrected chi connectivity index (χ3v) is 3.51. The molecule has 0 atom stereocenters. The number of ether oxygens (including phenoxy) is 1. The van der Waals surface area contributed by atoms with Crippen LogP contribution in [0.2, 0.25) is 5.02 Å². The zero-order valence-corrected chi connectivity index (χ0v) is 14.6. The predicted octanol–water partition coefficient (Wildman–Crippen LogP) is 3.63. The normalized spacial score (nSPS) is 9.95. The number of methoxy groups -OCH3 is 1. The van der Waals surface area contributed by atoms with Crippen LogP contribution in [-0.2, 0) is 0 Å². The van der Waals surface area contributed by atoms with Crippen LogP contribution in [-0.4, -0.2) is 23.1 Å². The average Bonchev–Trinajstić information content (AvgIpc) is 2.50. The average molecular weight is 401 g/mol. The first-order chi connectivity index (χ1) is 10.5. The lowest BCUT2D eigenvalue weighted by Crippen LogP contribution is -2.34. The Kier molecular flexibility index (Phi) is 5.70. The molecule has 1 aromatic heterocycles. The molecule has 2 aromatic rings. The molecule has 114 valence electrons. The van der Waals surface area contributed by atoms with Crippen molar-refractivity contribution < 1.29 is 9.53 Å². The molecule has 1 aromatic carbocycles. The van der Waals surface area contributed by atoms with E-state index >= 15 is 0 Å². The number of carbonyl (C=O) groups is 1. The first-order valence-electron chi connectivity index (χ1n) is 6.08. The summed E-state index contributed by atoms with van der Waals surface area (Å²) in [5.74, 6) is -0.0612. The van der Waals surface area contributed by atoms with E-state index < -0.39 is 0 Å². The topological polar surface area (TPSA) is 63.2 Å². The number of hydrogen-bond donors (Lipinski definition) is 2. The predicted molar refractivity (Wildman–Crippen MR) is 93.6 cm³/mol. The number of thiocarbonyl (C=S) groups is 1. The number of halogens is 2. The Labute approximate surface area is 146 Å². The van der Waals surface area contributed by atoms with Gasteiger partial charge in [0.05, 0.1) is 12.1 Å². The van der Waals surface area contributed by atoms with Crippen LogP contribution < -0.4 is 15.4 Å². The third-order valence-electron chi connectivity index (χ3n) is 2.60. The number of nitrogens with zero attached hydrogens (tertiary/aromatic N) is 1. The van der Waals surface area contributed by atoms with Gasteiger partial charge in [0.1, 0.15) is 10.3 Å². The van der Waals surface area contributed by atoms with Gasteiger partial charge in [0.15, 0.2) is 5.11 Å². The van der Waals surface area contributed by atoms with Crippen LogP contribution in [0, 0.1) is 0 Å². The fraction of sp³-hybridized carbons (Fsp3) is 0.0714. The minimum Gasteiger partial charge on any atom is -0.479 e. The van der Waals surface area contributed by atoms with Crippen molar-refractivity contribution in [1.29, 1.82) is 0 Å². The van der Waals surface area contributed by atoms with Gasteiger partial charge in [-0.25, -0.2) is 4.98 Å². The lowest BCUT2D eigenvalue weighted by atomic mass is 10.2. The van der Waals surface area contributed by atoms with E-state index in [1.54, 1.807) is 30.3 Å². The van der Waals surface area contributed by atoms with Crippen LogP contribution in [0.5, 0.6) is 5.88 Å². The van der Waals surface area contributed by atoms with Crippen LogP contribution in [0.4, 0.5) is 5.69 Å². The summed E-state index contributed by atoms with van der Waals surface area (Å²) in [7, 11) is 1.46. The van der Waals surface area contributed by atoms with Gasteiger partial charge in [-0.1, -0.05) is 29.8 Å². The number of amides is 1. The maximum Gasteiger partial charge on any atom is 0.257 e. The van der Waals surface area contributed by atoms with Gasteiger partial charge in [-0.3, -0.25) is 10.1 Å². The van der Waals surface area contributed by atoms with Gasteiger partial charge in [0.25, 0.3) is 5.91 Å². The van der Waals surface area contributed by atoms with Crippen molar-refractivity contribution >= 4 is 56.5 Å². The third kappa shape index (κ3) is 4.16. The largest absolute Gasteiger partial charge is 0.479 e. The van der Waals surface area contributed by atoms with Crippen LogP contribution in [0.25, 0.3) is 0 Å². The highest BCUT2D eigenvalue weighted by molar-refractivity contribution is 9.10. The van der Waals surface area contributed by atoms with Gasteiger partial charge in [-0.05, 0) is 46.3 Å². The molecule has 0 unspecified atom stereocenters. The van der Waals surface area contributed by atoms with Crippen molar-refractivity contribution in [2.75, 3.05) is 12.4 Å². The maximum atomic E-state index is 12.0. The Morgan fingerprint density at radius 3 is 2.68 bits per heavy atom. The molecule has 0 bridgehead atoms. The lowest BCUT2D eigenvalue weighted by molar-refractivity contribution is 0.0977. The van der Waals surface area contributed by atoms with Gasteiger partial charge in [0, 0.05) is 5.56 Å². The number of rotatable bonds is 3. The van der Waals surface area contributed by atoms with Crippen molar-refractivity contribution in [2.24, 2.45) is 0 Å². The van der Waals surface area contributed by atoms with Crippen LogP contribution in [0.3, 0.4) is 0 Å². The van der Waals surface area contributed by atoms with E-state index in [9.17, 15) is 4.79 Å². The molecule has 0 spiro atoms. The van der Waals surface area contributed by atoms with E-state index in [2.05, 4.69) is 31.5 Å². The number of aromatic nitrogens is 1. The highest BCUT2D eigenvalue weighted by Crippen LogP contribution is 2.32. The molecule has 0 radical (unpaired) electrons. The summed E-state index contributed by atoms with van der Waals surface area (Å²) < 4.78 is 5.66. The van der Waals surface area contributed by atoms with Gasteiger partial charge < -0.3 is 10.1 Å². The number of carbonyl (C=O) groups excluding carboxylic acids is 1. The molecule has 1 amide bonds. The molecule has 8 heteroatoms. The second-order valence-corrected chi connectivity index (χ2v) is 5.71. The number of nitrogens with one attached hydrogen (secondary N) is 2. The van der Waals surface area contributed by atoms with Gasteiger partial charge in [0.2, 0.25) is 5.88 Å². The fourth-order valence-corrected chi connectivity index (χ4v) is 2.58. The molecule has 2 rings (SSSR count). The van der Waals surface area contributed by atoms with E-state index in [0.717, 1.165) is 0 Å². The Hall–Kier alpha value is -1.70. The van der Waals surface area contributed by atoms with Crippen LogP contribution in [0.15, 0.2) is 41.0 Å². The van der Waals surface area contributed by atoms with E-state index in [1.165, 1.54) is 7.11 Å². The summed E-state index contributed by atoms with van der Waals surface area (Å²) in [5, 5.41) is 5.83. The van der Waals surface area contributed by atoms with Crippen LogP contribution >= 0.6 is 39.7 Å². The maximum absolute atomic E-state index is 12.0. The molecule has 2 N–H and O–H groups in total. The summed E-state index contributed by atoms with van der Waals surface area (Å²) >= 11 is 14.5. The molecular formula is C14H11BrClN3O2S. The zero-order chi connectivity index (χ0) is 16.1. The van der Waals surface area contributed by atoms with E-state index in [1.807, 2.05) is 6.07 Å². The first kappa shape index (κ1) is 16.7. The van der Waals surface area contributed by atoms with Crippen molar-refractivity contribution in [3.63, 3.8) is 0 Å². The second-order valence-electron chi connectivity index (χ2n) is 4.09.